The van der Waals surface area contributed by atoms with E-state index in [1.54, 1.807) is 49.8 Å². The predicted octanol–water partition coefficient (Wildman–Crippen LogP) is 4.14. The Morgan fingerprint density at radius 2 is 1.64 bits per heavy atom. The monoisotopic (exact) mass is 378 g/mol. The Balaban J connectivity index is 1.64. The summed E-state index contributed by atoms with van der Waals surface area (Å²) in [6.45, 7) is 0.425. The second kappa shape index (κ2) is 8.77. The largest absolute Gasteiger partial charge is 0.323 e. The highest BCUT2D eigenvalue weighted by Gasteiger charge is 2.12. The number of amides is 3. The van der Waals surface area contributed by atoms with Crippen molar-refractivity contribution in [3.63, 3.8) is 0 Å². The van der Waals surface area contributed by atoms with E-state index in [2.05, 4.69) is 15.6 Å². The van der Waals surface area contributed by atoms with E-state index >= 15 is 0 Å². The fourth-order valence-electron chi connectivity index (χ4n) is 2.56. The highest BCUT2D eigenvalue weighted by Crippen LogP contribution is 2.15. The molecule has 0 spiro atoms. The van der Waals surface area contributed by atoms with E-state index < -0.39 is 11.7 Å². The lowest BCUT2D eigenvalue weighted by Crippen LogP contribution is -2.30. The van der Waals surface area contributed by atoms with E-state index in [1.807, 2.05) is 12.1 Å². The van der Waals surface area contributed by atoms with Crippen LogP contribution in [0.15, 0.2) is 73.1 Å². The minimum Gasteiger partial charge on any atom is -0.323 e. The highest BCUT2D eigenvalue weighted by atomic mass is 19.1. The molecule has 0 radical (unpaired) electrons. The lowest BCUT2D eigenvalue weighted by molar-refractivity contribution is 0.102. The smallest absolute Gasteiger partial charge is 0.321 e. The summed E-state index contributed by atoms with van der Waals surface area (Å²) in [5.74, 6) is -0.831. The average molecular weight is 378 g/mol. The first kappa shape index (κ1) is 19.0. The van der Waals surface area contributed by atoms with Crippen LogP contribution in [-0.2, 0) is 6.54 Å². The number of carbonyl (C=O) groups excluding carboxylic acids is 2. The Labute approximate surface area is 162 Å². The molecule has 0 aliphatic heterocycles. The maximum atomic E-state index is 13.3. The van der Waals surface area contributed by atoms with Gasteiger partial charge in [-0.2, -0.15) is 0 Å². The lowest BCUT2D eigenvalue weighted by Gasteiger charge is -2.18. The molecule has 3 amide bonds. The van der Waals surface area contributed by atoms with Gasteiger partial charge in [-0.05, 0) is 54.1 Å². The van der Waals surface area contributed by atoms with Gasteiger partial charge in [-0.1, -0.05) is 12.1 Å². The van der Waals surface area contributed by atoms with Gasteiger partial charge >= 0.3 is 6.03 Å². The van der Waals surface area contributed by atoms with E-state index in [0.717, 1.165) is 5.56 Å². The van der Waals surface area contributed by atoms with E-state index in [1.165, 1.54) is 23.1 Å². The summed E-state index contributed by atoms with van der Waals surface area (Å²) in [6.07, 6.45) is 3.34. The molecule has 0 aliphatic rings. The maximum absolute atomic E-state index is 13.3. The predicted molar refractivity (Wildman–Crippen MR) is 106 cm³/mol. The van der Waals surface area contributed by atoms with Crippen LogP contribution in [0, 0.1) is 5.82 Å². The van der Waals surface area contributed by atoms with E-state index in [9.17, 15) is 14.0 Å². The van der Waals surface area contributed by atoms with E-state index in [4.69, 9.17) is 0 Å². The van der Waals surface area contributed by atoms with Crippen LogP contribution in [0.25, 0.3) is 0 Å². The van der Waals surface area contributed by atoms with Crippen molar-refractivity contribution < 1.29 is 14.0 Å². The third-order valence-corrected chi connectivity index (χ3v) is 3.97. The third-order valence-electron chi connectivity index (χ3n) is 3.97. The van der Waals surface area contributed by atoms with Gasteiger partial charge in [0.25, 0.3) is 5.91 Å². The Hall–Kier alpha value is -3.74. The number of anilines is 2. The van der Waals surface area contributed by atoms with Gasteiger partial charge in [0.1, 0.15) is 5.82 Å². The topological polar surface area (TPSA) is 74.3 Å². The second-order valence-electron chi connectivity index (χ2n) is 6.19. The van der Waals surface area contributed by atoms with Crippen molar-refractivity contribution in [2.75, 3.05) is 17.7 Å². The van der Waals surface area contributed by atoms with Crippen molar-refractivity contribution in [3.8, 4) is 0 Å². The van der Waals surface area contributed by atoms with Crippen LogP contribution < -0.4 is 10.6 Å². The Bertz CT molecular complexity index is 979. The molecule has 0 bridgehead atoms. The minimum atomic E-state index is -0.434. The van der Waals surface area contributed by atoms with Crippen LogP contribution in [0.4, 0.5) is 20.6 Å². The zero-order valence-electron chi connectivity index (χ0n) is 15.2. The lowest BCUT2D eigenvalue weighted by atomic mass is 10.2. The fraction of sp³-hybridized carbons (Fsp3) is 0.0952. The molecule has 1 aromatic heterocycles. The molecule has 0 fully saturated rings. The molecule has 1 heterocycles. The first-order valence-electron chi connectivity index (χ1n) is 8.59. The molecule has 2 N–H and O–H groups in total. The van der Waals surface area contributed by atoms with Crippen molar-refractivity contribution in [2.24, 2.45) is 0 Å². The standard InChI is InChI=1S/C21H19FN4O2/c1-26(14-15-8-10-23-11-9-15)21(28)25-18-6-2-4-16(12-18)20(27)24-19-7-3-5-17(22)13-19/h2-13H,14H2,1H3,(H,24,27)(H,25,28). The fourth-order valence-corrected chi connectivity index (χ4v) is 2.56. The zero-order valence-corrected chi connectivity index (χ0v) is 15.2. The number of nitrogens with zero attached hydrogens (tertiary/aromatic N) is 2. The highest BCUT2D eigenvalue weighted by molar-refractivity contribution is 6.05. The number of aromatic nitrogens is 1. The van der Waals surface area contributed by atoms with Gasteiger partial charge in [0.05, 0.1) is 0 Å². The molecule has 28 heavy (non-hydrogen) atoms. The molecule has 6 nitrogen and oxygen atoms in total. The number of hydrogen-bond acceptors (Lipinski definition) is 3. The van der Waals surface area contributed by atoms with Gasteiger partial charge in [-0.25, -0.2) is 9.18 Å². The first-order chi connectivity index (χ1) is 13.5. The molecule has 142 valence electrons. The van der Waals surface area contributed by atoms with Gasteiger partial charge in [0.15, 0.2) is 0 Å². The van der Waals surface area contributed by atoms with Gasteiger partial charge in [-0.15, -0.1) is 0 Å². The number of benzene rings is 2. The molecular formula is C21H19FN4O2. The van der Waals surface area contributed by atoms with Gasteiger partial charge < -0.3 is 15.5 Å². The third kappa shape index (κ3) is 5.14. The van der Waals surface area contributed by atoms with Crippen LogP contribution in [0.5, 0.6) is 0 Å². The molecule has 0 atom stereocenters. The summed E-state index contributed by atoms with van der Waals surface area (Å²) in [5.41, 5.74) is 2.14. The molecule has 3 aromatic rings. The summed E-state index contributed by atoms with van der Waals surface area (Å²) < 4.78 is 13.3. The zero-order chi connectivity index (χ0) is 19.9. The maximum Gasteiger partial charge on any atom is 0.321 e. The van der Waals surface area contributed by atoms with Crippen LogP contribution in [0.3, 0.4) is 0 Å². The molecule has 0 unspecified atom stereocenters. The molecule has 2 aromatic carbocycles. The van der Waals surface area contributed by atoms with Crippen molar-refractivity contribution in [2.45, 2.75) is 6.54 Å². The molecular weight excluding hydrogens is 359 g/mol. The summed E-state index contributed by atoms with van der Waals surface area (Å²) >= 11 is 0. The van der Waals surface area contributed by atoms with Crippen molar-refractivity contribution in [3.05, 3.63) is 90.0 Å². The van der Waals surface area contributed by atoms with E-state index in [0.29, 0.717) is 23.5 Å². The quantitative estimate of drug-likeness (QED) is 0.701. The van der Waals surface area contributed by atoms with Crippen molar-refractivity contribution in [1.29, 1.82) is 0 Å². The minimum absolute atomic E-state index is 0.306. The Morgan fingerprint density at radius 3 is 2.36 bits per heavy atom. The number of rotatable bonds is 5. The molecule has 7 heteroatoms. The first-order valence-corrected chi connectivity index (χ1v) is 8.59. The number of hydrogen-bond donors (Lipinski definition) is 2. The summed E-state index contributed by atoms with van der Waals surface area (Å²) in [6, 6.07) is 15.5. The van der Waals surface area contributed by atoms with Gasteiger partial charge in [0.2, 0.25) is 0 Å². The normalized spacial score (nSPS) is 10.2. The van der Waals surface area contributed by atoms with Crippen LogP contribution in [-0.4, -0.2) is 28.9 Å². The van der Waals surface area contributed by atoms with E-state index in [-0.39, 0.29) is 6.03 Å². The number of nitrogens with one attached hydrogen (secondary N) is 2. The van der Waals surface area contributed by atoms with Crippen molar-refractivity contribution in [1.82, 2.24) is 9.88 Å². The number of carbonyl (C=O) groups is 2. The van der Waals surface area contributed by atoms with Crippen molar-refractivity contribution >= 4 is 23.3 Å². The Kier molecular flexibility index (Phi) is 5.96. The molecule has 3 rings (SSSR count). The summed E-state index contributed by atoms with van der Waals surface area (Å²) in [7, 11) is 1.68. The molecule has 0 saturated carbocycles. The average Bonchev–Trinajstić information content (AvgIpc) is 2.69. The molecule has 0 aliphatic carbocycles. The molecule has 0 saturated heterocycles. The van der Waals surface area contributed by atoms with Crippen LogP contribution in [0.1, 0.15) is 15.9 Å². The van der Waals surface area contributed by atoms with Crippen LogP contribution in [0.2, 0.25) is 0 Å². The SMILES string of the molecule is CN(Cc1ccncc1)C(=O)Nc1cccc(C(=O)Nc2cccc(F)c2)c1. The van der Waals surface area contributed by atoms with Crippen LogP contribution >= 0.6 is 0 Å². The Morgan fingerprint density at radius 1 is 0.964 bits per heavy atom. The number of urea groups is 1. The van der Waals surface area contributed by atoms with Gasteiger partial charge in [0, 0.05) is 42.9 Å². The van der Waals surface area contributed by atoms with Gasteiger partial charge in [-0.3, -0.25) is 9.78 Å². The second-order valence-corrected chi connectivity index (χ2v) is 6.19. The summed E-state index contributed by atoms with van der Waals surface area (Å²) in [4.78, 5) is 30.2. The number of halogens is 1. The summed E-state index contributed by atoms with van der Waals surface area (Å²) in [5, 5.41) is 5.39. The number of pyridine rings is 1.